The number of amides is 1. The lowest BCUT2D eigenvalue weighted by Gasteiger charge is -2.24. The van der Waals surface area contributed by atoms with Gasteiger partial charge >= 0.3 is 0 Å². The van der Waals surface area contributed by atoms with Crippen molar-refractivity contribution >= 4 is 17.6 Å². The van der Waals surface area contributed by atoms with Crippen molar-refractivity contribution in [3.63, 3.8) is 0 Å². The van der Waals surface area contributed by atoms with Crippen molar-refractivity contribution in [2.75, 3.05) is 25.7 Å². The van der Waals surface area contributed by atoms with Crippen LogP contribution in [0.5, 0.6) is 11.5 Å². The smallest absolute Gasteiger partial charge is 0.234 e. The Hall–Kier alpha value is -2.54. The number of carboxylic acid groups (broad SMARTS) is 1. The van der Waals surface area contributed by atoms with Crippen LogP contribution in [0.25, 0.3) is 0 Å². The third-order valence-corrected chi connectivity index (χ3v) is 5.05. The summed E-state index contributed by atoms with van der Waals surface area (Å²) in [5.74, 6) is -2.21. The van der Waals surface area contributed by atoms with E-state index >= 15 is 0 Å². The zero-order chi connectivity index (χ0) is 17.1. The van der Waals surface area contributed by atoms with Crippen LogP contribution < -0.4 is 19.5 Å². The van der Waals surface area contributed by atoms with Crippen molar-refractivity contribution < 1.29 is 28.9 Å². The van der Waals surface area contributed by atoms with Gasteiger partial charge in [-0.05, 0) is 12.1 Å². The molecule has 3 aliphatic heterocycles. The van der Waals surface area contributed by atoms with Crippen LogP contribution in [0.2, 0.25) is 0 Å². The van der Waals surface area contributed by atoms with E-state index in [1.807, 2.05) is 0 Å². The number of rotatable bonds is 4. The fourth-order valence-corrected chi connectivity index (χ4v) is 3.98. The van der Waals surface area contributed by atoms with Crippen LogP contribution in [-0.2, 0) is 14.3 Å². The number of fused-ring (bicyclic) bond motifs is 1. The van der Waals surface area contributed by atoms with E-state index in [4.69, 9.17) is 14.2 Å². The van der Waals surface area contributed by atoms with E-state index in [1.54, 1.807) is 37.5 Å². The Balaban J connectivity index is 1.74. The van der Waals surface area contributed by atoms with Gasteiger partial charge in [-0.1, -0.05) is 12.2 Å². The second-order valence-electron chi connectivity index (χ2n) is 6.18. The van der Waals surface area contributed by atoms with Crippen LogP contribution in [0.15, 0.2) is 30.4 Å². The summed E-state index contributed by atoms with van der Waals surface area (Å²) in [5, 5.41) is 11.5. The number of nitrogens with zero attached hydrogens (tertiary/aromatic N) is 1. The van der Waals surface area contributed by atoms with E-state index < -0.39 is 29.5 Å². The van der Waals surface area contributed by atoms with E-state index in [2.05, 4.69) is 0 Å². The topological polar surface area (TPSA) is 88.1 Å². The first-order valence-electron chi connectivity index (χ1n) is 7.62. The fourth-order valence-electron chi connectivity index (χ4n) is 3.98. The fraction of sp³-hybridized carbons (Fsp3) is 0.412. The van der Waals surface area contributed by atoms with Gasteiger partial charge < -0.3 is 29.0 Å². The van der Waals surface area contributed by atoms with E-state index in [1.165, 1.54) is 12.0 Å². The van der Waals surface area contributed by atoms with Gasteiger partial charge in [0.1, 0.15) is 17.1 Å². The minimum absolute atomic E-state index is 0.246. The lowest BCUT2D eigenvalue weighted by atomic mass is 9.77. The van der Waals surface area contributed by atoms with Crippen LogP contribution in [-0.4, -0.2) is 44.3 Å². The number of benzene rings is 1. The molecule has 0 saturated carbocycles. The number of ether oxygens (including phenoxy) is 3. The van der Waals surface area contributed by atoms with Crippen molar-refractivity contribution in [2.45, 2.75) is 11.7 Å². The van der Waals surface area contributed by atoms with Crippen molar-refractivity contribution in [2.24, 2.45) is 11.8 Å². The third-order valence-electron chi connectivity index (χ3n) is 5.05. The third kappa shape index (κ3) is 1.81. The van der Waals surface area contributed by atoms with Crippen molar-refractivity contribution in [3.8, 4) is 11.5 Å². The van der Waals surface area contributed by atoms with Gasteiger partial charge in [-0.25, -0.2) is 0 Å². The highest BCUT2D eigenvalue weighted by molar-refractivity contribution is 6.03. The summed E-state index contributed by atoms with van der Waals surface area (Å²) in [5.41, 5.74) is -0.345. The maximum Gasteiger partial charge on any atom is 0.234 e. The number of hydrogen-bond acceptors (Lipinski definition) is 6. The highest BCUT2D eigenvalue weighted by Gasteiger charge is 2.65. The number of anilines is 1. The molecule has 2 bridgehead atoms. The second-order valence-corrected chi connectivity index (χ2v) is 6.18. The van der Waals surface area contributed by atoms with Gasteiger partial charge in [-0.3, -0.25) is 4.79 Å². The molecule has 1 aromatic carbocycles. The predicted octanol–water partition coefficient (Wildman–Crippen LogP) is -0.260. The molecule has 0 radical (unpaired) electrons. The average Bonchev–Trinajstić information content (AvgIpc) is 3.22. The molecule has 7 nitrogen and oxygen atoms in total. The van der Waals surface area contributed by atoms with Crippen LogP contribution in [0, 0.1) is 11.8 Å². The maximum atomic E-state index is 12.9. The molecule has 2 saturated heterocycles. The molecule has 2 fully saturated rings. The second kappa shape index (κ2) is 4.98. The molecule has 1 amide bonds. The summed E-state index contributed by atoms with van der Waals surface area (Å²) < 4.78 is 16.4. The summed E-state index contributed by atoms with van der Waals surface area (Å²) in [6.45, 7) is 0.246. The van der Waals surface area contributed by atoms with Gasteiger partial charge in [-0.15, -0.1) is 0 Å². The van der Waals surface area contributed by atoms with Crippen molar-refractivity contribution in [1.82, 2.24) is 0 Å². The average molecular weight is 330 g/mol. The Morgan fingerprint density at radius 1 is 1.38 bits per heavy atom. The molecule has 24 heavy (non-hydrogen) atoms. The molecular weight excluding hydrogens is 314 g/mol. The lowest BCUT2D eigenvalue weighted by molar-refractivity contribution is -0.313. The first kappa shape index (κ1) is 15.0. The summed E-state index contributed by atoms with van der Waals surface area (Å²) in [6, 6.07) is 5.12. The van der Waals surface area contributed by atoms with Crippen molar-refractivity contribution in [1.29, 1.82) is 0 Å². The molecule has 0 aromatic heterocycles. The zero-order valence-corrected chi connectivity index (χ0v) is 13.2. The van der Waals surface area contributed by atoms with Gasteiger partial charge in [-0.2, -0.15) is 0 Å². The standard InChI is InChI=1S/C17H17NO6/c1-22-9-3-4-10(12(7-9)23-2)18-8-17-6-5-11(24-17)13(16(20)21)14(17)15(18)19/h3-7,11,13-14H,8H2,1-2H3,(H,20,21)/p-1/t11-,13+,14-,17+/m0/s1. The van der Waals surface area contributed by atoms with Crippen LogP contribution in [0.4, 0.5) is 5.69 Å². The van der Waals surface area contributed by atoms with Gasteiger partial charge in [0.05, 0.1) is 38.5 Å². The molecule has 4 rings (SSSR count). The SMILES string of the molecule is COc1ccc(N2C[C@@]34C=C[C@H](O3)[C@@H](C(=O)[O-])[C@H]4C2=O)c(OC)c1. The Morgan fingerprint density at radius 3 is 2.83 bits per heavy atom. The number of aliphatic carboxylic acids is 1. The quantitative estimate of drug-likeness (QED) is 0.707. The molecule has 3 heterocycles. The molecule has 1 aromatic rings. The molecule has 3 aliphatic rings. The summed E-state index contributed by atoms with van der Waals surface area (Å²) in [7, 11) is 3.05. The predicted molar refractivity (Wildman–Crippen MR) is 80.6 cm³/mol. The zero-order valence-electron chi connectivity index (χ0n) is 13.2. The minimum Gasteiger partial charge on any atom is -0.550 e. The van der Waals surface area contributed by atoms with Gasteiger partial charge in [0.2, 0.25) is 5.91 Å². The first-order valence-corrected chi connectivity index (χ1v) is 7.62. The normalized spacial score (nSPS) is 33.0. The highest BCUT2D eigenvalue weighted by atomic mass is 16.5. The monoisotopic (exact) mass is 330 g/mol. The van der Waals surface area contributed by atoms with E-state index in [-0.39, 0.29) is 12.5 Å². The number of carboxylic acids is 1. The molecule has 0 aliphatic carbocycles. The molecule has 126 valence electrons. The Kier molecular flexibility index (Phi) is 3.11. The van der Waals surface area contributed by atoms with E-state index in [9.17, 15) is 14.7 Å². The lowest BCUT2D eigenvalue weighted by Crippen LogP contribution is -2.45. The van der Waals surface area contributed by atoms with Crippen LogP contribution in [0.3, 0.4) is 0 Å². The summed E-state index contributed by atoms with van der Waals surface area (Å²) >= 11 is 0. The van der Waals surface area contributed by atoms with E-state index in [0.29, 0.717) is 17.2 Å². The number of methoxy groups -OCH3 is 2. The summed E-state index contributed by atoms with van der Waals surface area (Å²) in [6.07, 6.45) is 2.91. The Morgan fingerprint density at radius 2 is 2.17 bits per heavy atom. The number of hydrogen-bond donors (Lipinski definition) is 0. The molecule has 1 spiro atoms. The first-order chi connectivity index (χ1) is 11.5. The van der Waals surface area contributed by atoms with Gasteiger partial charge in [0, 0.05) is 18.0 Å². The van der Waals surface area contributed by atoms with Gasteiger partial charge in [0.15, 0.2) is 0 Å². The van der Waals surface area contributed by atoms with Crippen molar-refractivity contribution in [3.05, 3.63) is 30.4 Å². The molecule has 0 unspecified atom stereocenters. The number of carbonyl (C=O) groups is 2. The minimum atomic E-state index is -1.26. The summed E-state index contributed by atoms with van der Waals surface area (Å²) in [4.78, 5) is 26.0. The Bertz CT molecular complexity index is 759. The van der Waals surface area contributed by atoms with E-state index in [0.717, 1.165) is 0 Å². The van der Waals surface area contributed by atoms with Crippen LogP contribution in [0.1, 0.15) is 0 Å². The largest absolute Gasteiger partial charge is 0.550 e. The van der Waals surface area contributed by atoms with Crippen LogP contribution >= 0.6 is 0 Å². The molecule has 0 N–H and O–H groups in total. The molecular formula is C17H16NO6-. The Labute approximate surface area is 138 Å². The highest BCUT2D eigenvalue weighted by Crippen LogP contribution is 2.53. The van der Waals surface area contributed by atoms with Gasteiger partial charge in [0.25, 0.3) is 0 Å². The molecule has 4 atom stereocenters. The maximum absolute atomic E-state index is 12.9. The molecule has 7 heteroatoms. The number of carbonyl (C=O) groups excluding carboxylic acids is 2.